The van der Waals surface area contributed by atoms with E-state index in [4.69, 9.17) is 9.84 Å². The molecule has 102 valence electrons. The van der Waals surface area contributed by atoms with Gasteiger partial charge in [-0.2, -0.15) is 0 Å². The van der Waals surface area contributed by atoms with E-state index in [1.807, 2.05) is 0 Å². The highest BCUT2D eigenvalue weighted by molar-refractivity contribution is 5.82. The van der Waals surface area contributed by atoms with Gasteiger partial charge in [0.1, 0.15) is 12.3 Å². The molecule has 0 atom stereocenters. The number of hydrogen-bond donors (Lipinski definition) is 2. The zero-order valence-electron chi connectivity index (χ0n) is 10.1. The van der Waals surface area contributed by atoms with Crippen molar-refractivity contribution in [3.63, 3.8) is 0 Å². The number of benzene rings is 1. The van der Waals surface area contributed by atoms with Crippen LogP contribution in [-0.2, 0) is 9.59 Å². The predicted octanol–water partition coefficient (Wildman–Crippen LogP) is 0.483. The Kier molecular flexibility index (Phi) is 4.81. The monoisotopic (exact) mass is 268 g/mol. The third-order valence-electron chi connectivity index (χ3n) is 2.17. The minimum atomic E-state index is -1.15. The number of nitro groups is 1. The Hall–Kier alpha value is -2.64. The van der Waals surface area contributed by atoms with Crippen LogP contribution >= 0.6 is 0 Å². The second-order valence-corrected chi connectivity index (χ2v) is 3.66. The van der Waals surface area contributed by atoms with Crippen LogP contribution < -0.4 is 10.1 Å². The summed E-state index contributed by atoms with van der Waals surface area (Å²) in [6.45, 7) is 0.710. The molecule has 8 nitrogen and oxygen atoms in total. The van der Waals surface area contributed by atoms with Gasteiger partial charge in [0.25, 0.3) is 11.6 Å². The Labute approximate surface area is 108 Å². The third-order valence-corrected chi connectivity index (χ3v) is 2.17. The molecule has 1 aromatic carbocycles. The van der Waals surface area contributed by atoms with Crippen LogP contribution in [0.5, 0.6) is 5.75 Å². The fraction of sp³-hybridized carbons (Fsp3) is 0.273. The van der Waals surface area contributed by atoms with Crippen molar-refractivity contribution < 1.29 is 24.4 Å². The van der Waals surface area contributed by atoms with Crippen LogP contribution in [0.15, 0.2) is 18.2 Å². The summed E-state index contributed by atoms with van der Waals surface area (Å²) in [4.78, 5) is 31.5. The van der Waals surface area contributed by atoms with E-state index in [9.17, 15) is 19.7 Å². The number of carboxylic acids is 1. The molecule has 0 heterocycles. The largest absolute Gasteiger partial charge is 0.484 e. The van der Waals surface area contributed by atoms with E-state index in [1.165, 1.54) is 18.2 Å². The molecule has 0 spiro atoms. The summed E-state index contributed by atoms with van der Waals surface area (Å²) in [6, 6.07) is 4.08. The van der Waals surface area contributed by atoms with Crippen molar-refractivity contribution in [1.29, 1.82) is 0 Å². The first-order chi connectivity index (χ1) is 8.90. The highest BCUT2D eigenvalue weighted by Crippen LogP contribution is 2.22. The number of nitrogens with zero attached hydrogens (tertiary/aromatic N) is 1. The Morgan fingerprint density at radius 2 is 2.16 bits per heavy atom. The maximum atomic E-state index is 11.2. The number of aliphatic carboxylic acids is 1. The van der Waals surface area contributed by atoms with E-state index in [0.717, 1.165) is 0 Å². The normalized spacial score (nSPS) is 9.74. The van der Waals surface area contributed by atoms with Crippen molar-refractivity contribution in [2.24, 2.45) is 0 Å². The summed E-state index contributed by atoms with van der Waals surface area (Å²) in [6.07, 6.45) is 0. The molecule has 1 amide bonds. The minimum absolute atomic E-state index is 0.0392. The van der Waals surface area contributed by atoms with Crippen molar-refractivity contribution in [3.8, 4) is 5.75 Å². The topological polar surface area (TPSA) is 119 Å². The lowest BCUT2D eigenvalue weighted by atomic mass is 10.2. The fourth-order valence-electron chi connectivity index (χ4n) is 1.30. The number of rotatable bonds is 6. The van der Waals surface area contributed by atoms with Crippen LogP contribution in [-0.4, -0.2) is 35.1 Å². The summed E-state index contributed by atoms with van der Waals surface area (Å²) in [5, 5.41) is 21.1. The molecular weight excluding hydrogens is 256 g/mol. The van der Waals surface area contributed by atoms with Crippen molar-refractivity contribution >= 4 is 17.6 Å². The quantitative estimate of drug-likeness (QED) is 0.572. The number of amides is 1. The van der Waals surface area contributed by atoms with Crippen LogP contribution in [0.2, 0.25) is 0 Å². The Bertz CT molecular complexity index is 514. The first-order valence-corrected chi connectivity index (χ1v) is 5.26. The van der Waals surface area contributed by atoms with Crippen molar-refractivity contribution in [2.75, 3.05) is 13.2 Å². The van der Waals surface area contributed by atoms with E-state index in [-0.39, 0.29) is 12.3 Å². The number of ether oxygens (including phenoxy) is 1. The Balaban J connectivity index is 2.54. The standard InChI is InChI=1S/C11H12N2O6/c1-7-4-8(2-3-9(7)13(17)18)19-6-10(14)12-5-11(15)16/h2-4H,5-6H2,1H3,(H,12,14)(H,15,16). The summed E-state index contributed by atoms with van der Waals surface area (Å²) < 4.78 is 5.09. The van der Waals surface area contributed by atoms with Gasteiger partial charge >= 0.3 is 5.97 Å². The van der Waals surface area contributed by atoms with E-state index in [1.54, 1.807) is 6.92 Å². The molecule has 0 aliphatic carbocycles. The van der Waals surface area contributed by atoms with Crippen LogP contribution in [0.3, 0.4) is 0 Å². The molecule has 1 aromatic rings. The Morgan fingerprint density at radius 1 is 1.47 bits per heavy atom. The molecule has 0 aliphatic rings. The average molecular weight is 268 g/mol. The smallest absolute Gasteiger partial charge is 0.322 e. The lowest BCUT2D eigenvalue weighted by Gasteiger charge is -2.07. The predicted molar refractivity (Wildman–Crippen MR) is 64.0 cm³/mol. The van der Waals surface area contributed by atoms with E-state index in [2.05, 4.69) is 5.32 Å². The van der Waals surface area contributed by atoms with Gasteiger partial charge in [-0.3, -0.25) is 19.7 Å². The number of nitro benzene ring substituents is 1. The van der Waals surface area contributed by atoms with Crippen molar-refractivity contribution in [3.05, 3.63) is 33.9 Å². The third kappa shape index (κ3) is 4.62. The summed E-state index contributed by atoms with van der Waals surface area (Å²) in [5.74, 6) is -1.44. The first kappa shape index (κ1) is 14.4. The molecule has 1 rings (SSSR count). The van der Waals surface area contributed by atoms with Crippen molar-refractivity contribution in [2.45, 2.75) is 6.92 Å². The van der Waals surface area contributed by atoms with E-state index < -0.39 is 23.3 Å². The molecule has 0 radical (unpaired) electrons. The van der Waals surface area contributed by atoms with Crippen LogP contribution in [0.25, 0.3) is 0 Å². The zero-order valence-corrected chi connectivity index (χ0v) is 10.1. The van der Waals surface area contributed by atoms with Gasteiger partial charge in [-0.15, -0.1) is 0 Å². The summed E-state index contributed by atoms with van der Waals surface area (Å²) in [7, 11) is 0. The zero-order chi connectivity index (χ0) is 14.4. The number of carbonyl (C=O) groups is 2. The molecule has 19 heavy (non-hydrogen) atoms. The van der Waals surface area contributed by atoms with Gasteiger partial charge in [-0.25, -0.2) is 0 Å². The number of nitrogens with one attached hydrogen (secondary N) is 1. The minimum Gasteiger partial charge on any atom is -0.484 e. The van der Waals surface area contributed by atoms with E-state index in [0.29, 0.717) is 11.3 Å². The first-order valence-electron chi connectivity index (χ1n) is 5.26. The molecular formula is C11H12N2O6. The van der Waals surface area contributed by atoms with Gasteiger partial charge in [0, 0.05) is 11.6 Å². The highest BCUT2D eigenvalue weighted by atomic mass is 16.6. The van der Waals surface area contributed by atoms with E-state index >= 15 is 0 Å². The Morgan fingerprint density at radius 3 is 2.68 bits per heavy atom. The van der Waals surface area contributed by atoms with Crippen LogP contribution in [0.4, 0.5) is 5.69 Å². The molecule has 0 unspecified atom stereocenters. The molecule has 8 heteroatoms. The number of aryl methyl sites for hydroxylation is 1. The lowest BCUT2D eigenvalue weighted by molar-refractivity contribution is -0.385. The highest BCUT2D eigenvalue weighted by Gasteiger charge is 2.11. The average Bonchev–Trinajstić information content (AvgIpc) is 2.33. The lowest BCUT2D eigenvalue weighted by Crippen LogP contribution is -2.33. The van der Waals surface area contributed by atoms with Gasteiger partial charge in [0.05, 0.1) is 4.92 Å². The van der Waals surface area contributed by atoms with Gasteiger partial charge in [-0.05, 0) is 19.1 Å². The van der Waals surface area contributed by atoms with Gasteiger partial charge in [0.15, 0.2) is 6.61 Å². The molecule has 2 N–H and O–H groups in total. The second kappa shape index (κ2) is 6.34. The molecule has 0 saturated heterocycles. The maximum absolute atomic E-state index is 11.2. The number of carboxylic acid groups (broad SMARTS) is 1. The summed E-state index contributed by atoms with van der Waals surface area (Å²) in [5.41, 5.74) is 0.371. The second-order valence-electron chi connectivity index (χ2n) is 3.66. The van der Waals surface area contributed by atoms with Gasteiger partial charge in [0.2, 0.25) is 0 Å². The molecule has 0 bridgehead atoms. The maximum Gasteiger partial charge on any atom is 0.322 e. The fourth-order valence-corrected chi connectivity index (χ4v) is 1.30. The molecule has 0 fully saturated rings. The van der Waals surface area contributed by atoms with Gasteiger partial charge < -0.3 is 15.2 Å². The van der Waals surface area contributed by atoms with Gasteiger partial charge in [-0.1, -0.05) is 0 Å². The summed E-state index contributed by atoms with van der Waals surface area (Å²) >= 11 is 0. The SMILES string of the molecule is Cc1cc(OCC(=O)NCC(=O)O)ccc1[N+](=O)[O-]. The molecule has 0 saturated carbocycles. The van der Waals surface area contributed by atoms with Crippen LogP contribution in [0.1, 0.15) is 5.56 Å². The van der Waals surface area contributed by atoms with Crippen LogP contribution in [0, 0.1) is 17.0 Å². The number of hydrogen-bond acceptors (Lipinski definition) is 5. The number of carbonyl (C=O) groups excluding carboxylic acids is 1. The molecule has 0 aliphatic heterocycles. The van der Waals surface area contributed by atoms with Crippen molar-refractivity contribution in [1.82, 2.24) is 5.32 Å². The molecule has 0 aromatic heterocycles.